The van der Waals surface area contributed by atoms with Gasteiger partial charge in [0.05, 0.1) is 17.0 Å². The molecule has 1 saturated heterocycles. The van der Waals surface area contributed by atoms with Gasteiger partial charge in [-0.1, -0.05) is 0 Å². The van der Waals surface area contributed by atoms with Gasteiger partial charge in [-0.05, 0) is 30.7 Å². The van der Waals surface area contributed by atoms with Crippen LogP contribution in [-0.4, -0.2) is 46.0 Å². The van der Waals surface area contributed by atoms with Crippen LogP contribution in [0.25, 0.3) is 11.6 Å². The molecule has 3 heterocycles. The lowest BCUT2D eigenvalue weighted by molar-refractivity contribution is 0.439. The van der Waals surface area contributed by atoms with E-state index in [4.69, 9.17) is 4.42 Å². The van der Waals surface area contributed by atoms with Gasteiger partial charge in [-0.2, -0.15) is 4.31 Å². The van der Waals surface area contributed by atoms with Crippen LogP contribution in [0.3, 0.4) is 0 Å². The molecule has 10 heteroatoms. The Kier molecular flexibility index (Phi) is 4.21. The van der Waals surface area contributed by atoms with Crippen molar-refractivity contribution in [3.05, 3.63) is 54.6 Å². The molecule has 2 aromatic heterocycles. The fourth-order valence-electron chi connectivity index (χ4n) is 2.82. The van der Waals surface area contributed by atoms with Gasteiger partial charge in [0.15, 0.2) is 0 Å². The van der Waals surface area contributed by atoms with Gasteiger partial charge < -0.3 is 4.42 Å². The van der Waals surface area contributed by atoms with Crippen LogP contribution in [0.2, 0.25) is 0 Å². The van der Waals surface area contributed by atoms with Gasteiger partial charge in [-0.3, -0.25) is 4.98 Å². The summed E-state index contributed by atoms with van der Waals surface area (Å²) >= 11 is 0. The summed E-state index contributed by atoms with van der Waals surface area (Å²) in [7, 11) is -3.69. The third-order valence-corrected chi connectivity index (χ3v) is 6.05. The maximum Gasteiger partial charge on any atom is 0.267 e. The number of nitrogens with zero attached hydrogens (tertiary/aromatic N) is 5. The van der Waals surface area contributed by atoms with Crippen LogP contribution in [0.15, 0.2) is 52.2 Å². The Morgan fingerprint density at radius 2 is 1.96 bits per heavy atom. The van der Waals surface area contributed by atoms with E-state index < -0.39 is 15.8 Å². The Balaban J connectivity index is 1.52. The molecule has 1 aromatic carbocycles. The highest BCUT2D eigenvalue weighted by atomic mass is 32.2. The van der Waals surface area contributed by atoms with Crippen LogP contribution < -0.4 is 0 Å². The van der Waals surface area contributed by atoms with Crippen molar-refractivity contribution in [2.75, 3.05) is 13.1 Å². The first-order valence-electron chi connectivity index (χ1n) is 7.89. The number of hydrogen-bond donors (Lipinski definition) is 0. The predicted molar refractivity (Wildman–Crippen MR) is 87.8 cm³/mol. The summed E-state index contributed by atoms with van der Waals surface area (Å²) in [6, 6.07) is 4.78. The smallest absolute Gasteiger partial charge is 0.267 e. The van der Waals surface area contributed by atoms with E-state index in [1.54, 1.807) is 0 Å². The second kappa shape index (κ2) is 6.54. The van der Waals surface area contributed by atoms with Crippen LogP contribution in [0.5, 0.6) is 0 Å². The van der Waals surface area contributed by atoms with Crippen molar-refractivity contribution in [1.29, 1.82) is 0 Å². The molecule has 4 rings (SSSR count). The minimum atomic E-state index is -3.69. The van der Waals surface area contributed by atoms with Gasteiger partial charge in [0.25, 0.3) is 5.89 Å². The summed E-state index contributed by atoms with van der Waals surface area (Å²) in [4.78, 5) is 8.10. The van der Waals surface area contributed by atoms with Gasteiger partial charge in [0.2, 0.25) is 15.9 Å². The Hall–Kier alpha value is -2.72. The van der Waals surface area contributed by atoms with Crippen molar-refractivity contribution in [2.45, 2.75) is 17.2 Å². The fourth-order valence-corrected chi connectivity index (χ4v) is 4.32. The normalized spacial score (nSPS) is 18.3. The Labute approximate surface area is 148 Å². The number of hydrogen-bond acceptors (Lipinski definition) is 7. The first-order chi connectivity index (χ1) is 12.5. The van der Waals surface area contributed by atoms with Gasteiger partial charge in [0.1, 0.15) is 11.5 Å². The Bertz CT molecular complexity index is 1010. The molecule has 0 N–H and O–H groups in total. The van der Waals surface area contributed by atoms with E-state index in [1.807, 2.05) is 0 Å². The molecule has 8 nitrogen and oxygen atoms in total. The van der Waals surface area contributed by atoms with Crippen LogP contribution in [-0.2, 0) is 10.0 Å². The summed E-state index contributed by atoms with van der Waals surface area (Å²) in [5.41, 5.74) is 0.458. The maximum atomic E-state index is 13.0. The van der Waals surface area contributed by atoms with Gasteiger partial charge in [0, 0.05) is 25.5 Å². The van der Waals surface area contributed by atoms with E-state index >= 15 is 0 Å². The topological polar surface area (TPSA) is 102 Å². The highest BCUT2D eigenvalue weighted by Gasteiger charge is 2.35. The standard InChI is InChI=1S/C16H14FN5O3S/c17-12-1-3-13(4-2-12)26(23,24)22-8-5-11(10-22)15-20-21-16(25-15)14-9-18-6-7-19-14/h1-4,6-7,9,11H,5,8,10H2/t11-/m1/s1. The first kappa shape index (κ1) is 16.7. The average Bonchev–Trinajstić information content (AvgIpc) is 3.33. The summed E-state index contributed by atoms with van der Waals surface area (Å²) in [5, 5.41) is 7.98. The zero-order valence-electron chi connectivity index (χ0n) is 13.5. The largest absolute Gasteiger partial charge is 0.419 e. The lowest BCUT2D eigenvalue weighted by atomic mass is 10.1. The molecule has 0 bridgehead atoms. The van der Waals surface area contributed by atoms with Crippen LogP contribution in [0.1, 0.15) is 18.2 Å². The lowest BCUT2D eigenvalue weighted by Gasteiger charge is -2.15. The lowest BCUT2D eigenvalue weighted by Crippen LogP contribution is -2.28. The molecule has 1 atom stereocenters. The van der Waals surface area contributed by atoms with Crippen molar-refractivity contribution in [3.8, 4) is 11.6 Å². The quantitative estimate of drug-likeness (QED) is 0.685. The van der Waals surface area contributed by atoms with Gasteiger partial charge in [-0.25, -0.2) is 17.8 Å². The Morgan fingerprint density at radius 1 is 1.15 bits per heavy atom. The number of benzene rings is 1. The van der Waals surface area contributed by atoms with Crippen molar-refractivity contribution >= 4 is 10.0 Å². The third kappa shape index (κ3) is 3.08. The molecule has 1 fully saturated rings. The molecule has 1 aliphatic rings. The van der Waals surface area contributed by atoms with Gasteiger partial charge >= 0.3 is 0 Å². The number of aromatic nitrogens is 4. The molecule has 0 aliphatic carbocycles. The van der Waals surface area contributed by atoms with Crippen LogP contribution in [0.4, 0.5) is 4.39 Å². The molecule has 3 aromatic rings. The van der Waals surface area contributed by atoms with Crippen molar-refractivity contribution in [3.63, 3.8) is 0 Å². The monoisotopic (exact) mass is 375 g/mol. The van der Waals surface area contributed by atoms with Crippen LogP contribution in [0, 0.1) is 5.82 Å². The molecule has 0 amide bonds. The molecule has 134 valence electrons. The molecule has 1 aliphatic heterocycles. The van der Waals surface area contributed by atoms with Crippen molar-refractivity contribution in [1.82, 2.24) is 24.5 Å². The van der Waals surface area contributed by atoms with E-state index in [9.17, 15) is 12.8 Å². The van der Waals surface area contributed by atoms with E-state index in [-0.39, 0.29) is 23.2 Å². The molecule has 26 heavy (non-hydrogen) atoms. The summed E-state index contributed by atoms with van der Waals surface area (Å²) in [6.07, 6.45) is 5.13. The van der Waals surface area contributed by atoms with Crippen LogP contribution >= 0.6 is 0 Å². The Morgan fingerprint density at radius 3 is 2.69 bits per heavy atom. The third-order valence-electron chi connectivity index (χ3n) is 4.17. The second-order valence-corrected chi connectivity index (χ2v) is 7.78. The number of halogens is 1. The summed E-state index contributed by atoms with van der Waals surface area (Å²) in [6.45, 7) is 0.551. The second-order valence-electron chi connectivity index (χ2n) is 5.84. The number of rotatable bonds is 4. The highest BCUT2D eigenvalue weighted by Crippen LogP contribution is 2.31. The van der Waals surface area contributed by atoms with E-state index in [1.165, 1.54) is 35.0 Å². The fraction of sp³-hybridized carbons (Fsp3) is 0.250. The van der Waals surface area contributed by atoms with E-state index in [0.29, 0.717) is 24.6 Å². The van der Waals surface area contributed by atoms with E-state index in [2.05, 4.69) is 20.2 Å². The van der Waals surface area contributed by atoms with Gasteiger partial charge in [-0.15, -0.1) is 10.2 Å². The minimum absolute atomic E-state index is 0.0605. The summed E-state index contributed by atoms with van der Waals surface area (Å²) in [5.74, 6) is -0.0794. The zero-order valence-corrected chi connectivity index (χ0v) is 14.3. The van der Waals surface area contributed by atoms with Crippen molar-refractivity contribution in [2.24, 2.45) is 0 Å². The SMILES string of the molecule is O=S(=O)(c1ccc(F)cc1)N1CC[C@@H](c2nnc(-c3cnccn3)o2)C1. The van der Waals surface area contributed by atoms with Crippen molar-refractivity contribution < 1.29 is 17.2 Å². The molecular formula is C16H14FN5O3S. The molecule has 0 radical (unpaired) electrons. The minimum Gasteiger partial charge on any atom is -0.419 e. The highest BCUT2D eigenvalue weighted by molar-refractivity contribution is 7.89. The zero-order chi connectivity index (χ0) is 18.1. The molecular weight excluding hydrogens is 361 g/mol. The first-order valence-corrected chi connectivity index (χ1v) is 9.33. The average molecular weight is 375 g/mol. The molecule has 0 unspecified atom stereocenters. The predicted octanol–water partition coefficient (Wildman–Crippen LogP) is 1.84. The summed E-state index contributed by atoms with van der Waals surface area (Å²) < 4.78 is 45.4. The molecule has 0 spiro atoms. The molecule has 0 saturated carbocycles. The maximum absolute atomic E-state index is 13.0. The van der Waals surface area contributed by atoms with E-state index in [0.717, 1.165) is 12.1 Å². The number of sulfonamides is 1.